The molecule has 12 atom stereocenters. The first kappa shape index (κ1) is 58.7. The molecule has 412 valence electrons. The number of hydrogen-bond acceptors (Lipinski definition) is 21. The fourth-order valence-electron chi connectivity index (χ4n) is 8.66. The highest BCUT2D eigenvalue weighted by molar-refractivity contribution is 5.82. The lowest BCUT2D eigenvalue weighted by Crippen LogP contribution is -2.71. The van der Waals surface area contributed by atoms with Crippen molar-refractivity contribution in [1.29, 1.82) is 0 Å². The summed E-state index contributed by atoms with van der Waals surface area (Å²) in [6.45, 7) is 8.79. The van der Waals surface area contributed by atoms with Crippen LogP contribution in [0.1, 0.15) is 58.6 Å². The number of nitrogens with zero attached hydrogens (tertiary/aromatic N) is 3. The van der Waals surface area contributed by atoms with E-state index in [1.165, 1.54) is 69.4 Å². The predicted molar refractivity (Wildman–Crippen MR) is 257 cm³/mol. The molecule has 3 aliphatic rings. The van der Waals surface area contributed by atoms with Crippen molar-refractivity contribution in [2.24, 2.45) is 11.7 Å². The van der Waals surface area contributed by atoms with Crippen molar-refractivity contribution in [2.45, 2.75) is 133 Å². The summed E-state index contributed by atoms with van der Waals surface area (Å²) in [5.41, 5.74) is 3.46. The molecule has 0 bridgehead atoms. The van der Waals surface area contributed by atoms with Crippen molar-refractivity contribution in [3.63, 3.8) is 0 Å². The van der Waals surface area contributed by atoms with Gasteiger partial charge in [0.25, 0.3) is 17.3 Å². The fourth-order valence-corrected chi connectivity index (χ4v) is 8.66. The number of nitro benzene ring substituents is 2. The zero-order chi connectivity index (χ0) is 55.5. The minimum Gasteiger partial charge on any atom is -0.491 e. The molecule has 0 radical (unpaired) electrons. The van der Waals surface area contributed by atoms with Gasteiger partial charge in [-0.3, -0.25) is 25.0 Å². The molecule has 2 aliphatic heterocycles. The number of nitrogens with one attached hydrogen (secondary N) is 4. The summed E-state index contributed by atoms with van der Waals surface area (Å²) in [7, 11) is 1.22. The van der Waals surface area contributed by atoms with Crippen molar-refractivity contribution in [1.82, 2.24) is 26.2 Å². The second-order valence-electron chi connectivity index (χ2n) is 19.3. The van der Waals surface area contributed by atoms with Gasteiger partial charge in [0.2, 0.25) is 0 Å². The van der Waals surface area contributed by atoms with Crippen LogP contribution >= 0.6 is 0 Å². The zero-order valence-electron chi connectivity index (χ0n) is 41.9. The number of benzene rings is 2. The molecule has 2 aromatic rings. The number of rotatable bonds is 18. The number of carbonyl (C=O) groups is 5. The molecule has 1 saturated carbocycles. The van der Waals surface area contributed by atoms with Crippen LogP contribution in [0, 0.1) is 26.1 Å². The zero-order valence-corrected chi connectivity index (χ0v) is 41.9. The molecule has 28 heteroatoms. The predicted octanol–water partition coefficient (Wildman–Crippen LogP) is 1.60. The van der Waals surface area contributed by atoms with Crippen molar-refractivity contribution in [3.8, 4) is 0 Å². The first-order chi connectivity index (χ1) is 35.2. The van der Waals surface area contributed by atoms with E-state index in [1.807, 2.05) is 0 Å². The standard InChI is InChI=1S/C47H64N8O20/c1-24(2)72-45(63)53(7)39-36(58)41(71-23-47(39,6)64)74-38-32(50-40(59)33(56)20-49-42(60)75-46(3,4)5)18-31(52-44(62)70-22-26-10-14-28(15-11-26)55(67)68)34(35(38)57)37-30(17-16-29(19-48)73-37)51-43(61)69-21-25-8-12-27(13-9-25)54(65)66/h8-16,30-39,41,56-58,64H,1,17-23,48H2,2-7H3,(H,49,60)(H,50,59)(H,51,61)(H,52,62)/t30-,31+,32-,33-,34?,35+,36-,37+,38+,39-,41-,47+/m1/s1. The summed E-state index contributed by atoms with van der Waals surface area (Å²) in [6, 6.07) is 4.88. The summed E-state index contributed by atoms with van der Waals surface area (Å²) in [4.78, 5) is 88.8. The van der Waals surface area contributed by atoms with E-state index in [9.17, 15) is 64.6 Å². The van der Waals surface area contributed by atoms with E-state index in [-0.39, 0.29) is 42.5 Å². The van der Waals surface area contributed by atoms with Gasteiger partial charge in [0.1, 0.15) is 54.6 Å². The van der Waals surface area contributed by atoms with Gasteiger partial charge >= 0.3 is 24.4 Å². The van der Waals surface area contributed by atoms with Crippen LogP contribution in [0.25, 0.3) is 0 Å². The Labute approximate surface area is 429 Å². The van der Waals surface area contributed by atoms with Gasteiger partial charge in [-0.2, -0.15) is 0 Å². The summed E-state index contributed by atoms with van der Waals surface area (Å²) in [6.07, 6.45) is -13.8. The Morgan fingerprint density at radius 2 is 1.44 bits per heavy atom. The van der Waals surface area contributed by atoms with Gasteiger partial charge in [0.15, 0.2) is 6.29 Å². The number of amides is 5. The molecule has 1 saturated heterocycles. The van der Waals surface area contributed by atoms with E-state index in [2.05, 4.69) is 27.8 Å². The highest BCUT2D eigenvalue weighted by atomic mass is 16.7. The van der Waals surface area contributed by atoms with Crippen LogP contribution in [0.4, 0.5) is 30.6 Å². The highest BCUT2D eigenvalue weighted by Gasteiger charge is 2.56. The minimum absolute atomic E-state index is 0.0132. The van der Waals surface area contributed by atoms with Gasteiger partial charge in [0.05, 0.1) is 59.5 Å². The summed E-state index contributed by atoms with van der Waals surface area (Å²) in [5.74, 6) is -2.39. The first-order valence-corrected chi connectivity index (χ1v) is 23.5. The second kappa shape index (κ2) is 25.3. The molecule has 2 aromatic carbocycles. The summed E-state index contributed by atoms with van der Waals surface area (Å²) >= 11 is 0. The van der Waals surface area contributed by atoms with E-state index in [0.717, 1.165) is 4.90 Å². The van der Waals surface area contributed by atoms with E-state index >= 15 is 0 Å². The average Bonchev–Trinajstić information content (AvgIpc) is 3.33. The number of non-ortho nitro benzene ring substituents is 2. The van der Waals surface area contributed by atoms with Crippen molar-refractivity contribution < 1.29 is 87.4 Å². The number of likely N-dealkylation sites (N-methyl/N-ethyl adjacent to an activating group) is 1. The van der Waals surface area contributed by atoms with Gasteiger partial charge in [-0.05, 0) is 88.9 Å². The molecule has 5 amide bonds. The van der Waals surface area contributed by atoms with Gasteiger partial charge in [0, 0.05) is 43.3 Å². The number of carbonyl (C=O) groups excluding carboxylic acids is 5. The maximum Gasteiger partial charge on any atom is 0.415 e. The lowest BCUT2D eigenvalue weighted by Gasteiger charge is -2.52. The Morgan fingerprint density at radius 1 is 0.893 bits per heavy atom. The van der Waals surface area contributed by atoms with Crippen LogP contribution in [0.5, 0.6) is 0 Å². The van der Waals surface area contributed by atoms with Gasteiger partial charge in [-0.25, -0.2) is 19.2 Å². The van der Waals surface area contributed by atoms with Crippen molar-refractivity contribution in [3.05, 3.63) is 104 Å². The Hall–Kier alpha value is -7.21. The van der Waals surface area contributed by atoms with Crippen LogP contribution in [-0.2, 0) is 51.2 Å². The molecule has 5 rings (SSSR count). The number of ether oxygens (including phenoxy) is 7. The second-order valence-corrected chi connectivity index (χ2v) is 19.3. The number of alkyl carbamates (subject to hydrolysis) is 3. The third kappa shape index (κ3) is 16.1. The molecule has 1 unspecified atom stereocenters. The number of nitro groups is 2. The molecule has 1 aliphatic carbocycles. The largest absolute Gasteiger partial charge is 0.491 e. The first-order valence-electron chi connectivity index (χ1n) is 23.5. The Kier molecular flexibility index (Phi) is 19.8. The van der Waals surface area contributed by atoms with Crippen LogP contribution in [-0.4, -0.2) is 164 Å². The van der Waals surface area contributed by atoms with Gasteiger partial charge < -0.3 is 85.5 Å². The van der Waals surface area contributed by atoms with E-state index < -0.39 is 144 Å². The molecule has 10 N–H and O–H groups in total. The van der Waals surface area contributed by atoms with Gasteiger partial charge in [-0.1, -0.05) is 6.58 Å². The van der Waals surface area contributed by atoms with Crippen LogP contribution in [0.15, 0.2) is 72.7 Å². The maximum absolute atomic E-state index is 13.8. The lowest BCUT2D eigenvalue weighted by atomic mass is 9.72. The monoisotopic (exact) mass is 1060 g/mol. The molecule has 2 heterocycles. The smallest absolute Gasteiger partial charge is 0.415 e. The summed E-state index contributed by atoms with van der Waals surface area (Å²) < 4.78 is 39.8. The SMILES string of the molecule is C=C(C)OC(=O)N(C)[C@@H]1[C@@H](O)[C@@H](O[C@H]2[C@H](NC(=O)[C@H](O)CNC(=O)OC(C)(C)C)C[C@H](NC(=O)OCc3ccc([N+](=O)[O-])cc3)C([C@H]3OC(CN)=CC[C@H]3NC(=O)OCc3ccc([N+](=O)[O-])cc3)[C@@H]2O)OC[C@]1(C)O. The quantitative estimate of drug-likeness (QED) is 0.0443. The Bertz CT molecular complexity index is 2420. The van der Waals surface area contributed by atoms with E-state index in [1.54, 1.807) is 26.8 Å². The number of nitrogens with two attached hydrogens (primary N) is 1. The molecule has 0 aromatic heterocycles. The molecule has 0 spiro atoms. The van der Waals surface area contributed by atoms with Crippen LogP contribution in [0.2, 0.25) is 0 Å². The topological polar surface area (TPSA) is 395 Å². The number of allylic oxidation sites excluding steroid dienone is 1. The highest BCUT2D eigenvalue weighted by Crippen LogP contribution is 2.39. The van der Waals surface area contributed by atoms with Crippen molar-refractivity contribution in [2.75, 3.05) is 26.7 Å². The van der Waals surface area contributed by atoms with Crippen LogP contribution in [0.3, 0.4) is 0 Å². The summed E-state index contributed by atoms with van der Waals surface area (Å²) in [5, 5.41) is 79.7. The van der Waals surface area contributed by atoms with Crippen LogP contribution < -0.4 is 27.0 Å². The Balaban J connectivity index is 1.52. The normalized spacial score (nSPS) is 26.8. The average molecular weight is 1060 g/mol. The minimum atomic E-state index is -1.97. The van der Waals surface area contributed by atoms with E-state index in [0.29, 0.717) is 11.1 Å². The fraction of sp³-hybridized carbons (Fsp3) is 0.553. The lowest BCUT2D eigenvalue weighted by molar-refractivity contribution is -0.385. The number of aliphatic hydroxyl groups excluding tert-OH is 3. The molecule has 2 fully saturated rings. The molecular weight excluding hydrogens is 997 g/mol. The third-order valence-electron chi connectivity index (χ3n) is 12.1. The van der Waals surface area contributed by atoms with E-state index in [4.69, 9.17) is 38.9 Å². The van der Waals surface area contributed by atoms with Gasteiger partial charge in [-0.15, -0.1) is 0 Å². The number of aliphatic hydroxyl groups is 4. The molecular formula is C47H64N8O20. The Morgan fingerprint density at radius 3 is 1.95 bits per heavy atom. The number of hydrogen-bond donors (Lipinski definition) is 9. The maximum atomic E-state index is 13.8. The van der Waals surface area contributed by atoms with Crippen molar-refractivity contribution >= 4 is 41.7 Å². The third-order valence-corrected chi connectivity index (χ3v) is 12.1. The molecule has 28 nitrogen and oxygen atoms in total. The molecule has 75 heavy (non-hydrogen) atoms.